The van der Waals surface area contributed by atoms with Crippen LogP contribution in [0.4, 0.5) is 0 Å². The zero-order valence-corrected chi connectivity index (χ0v) is 15.5. The van der Waals surface area contributed by atoms with Gasteiger partial charge in [-0.25, -0.2) is 16.2 Å². The maximum atomic E-state index is 8.55. The summed E-state index contributed by atoms with van der Waals surface area (Å²) in [5.74, 6) is -1.10. The van der Waals surface area contributed by atoms with Crippen molar-refractivity contribution in [2.45, 2.75) is 0 Å². The molecule has 0 aromatic carbocycles. The van der Waals surface area contributed by atoms with Gasteiger partial charge in [0.1, 0.15) is 0 Å². The number of hydrogen-bond donors (Lipinski definition) is 12. The third-order valence-electron chi connectivity index (χ3n) is 1.85. The molecular weight excluding hydrogens is 419 g/mol. The maximum Gasteiger partial charge on any atom is 0.317 e. The van der Waals surface area contributed by atoms with Crippen molar-refractivity contribution in [3.63, 3.8) is 0 Å². The smallest absolute Gasteiger partial charge is 0.317 e. The highest BCUT2D eigenvalue weighted by molar-refractivity contribution is 7.40. The second-order valence-corrected chi connectivity index (χ2v) is 4.83. The molecule has 164 valence electrons. The molecule has 0 radical (unpaired) electrons. The highest BCUT2D eigenvalue weighted by atomic mass is 31.2. The molecule has 0 fully saturated rings. The molecule has 20 heteroatoms. The Kier molecular flexibility index (Phi) is 22.4. The van der Waals surface area contributed by atoms with E-state index in [1.165, 1.54) is 0 Å². The molecule has 0 saturated carbocycles. The van der Waals surface area contributed by atoms with Crippen LogP contribution in [0.2, 0.25) is 0 Å². The lowest BCUT2D eigenvalue weighted by Crippen LogP contribution is -3.12. The summed E-state index contributed by atoms with van der Waals surface area (Å²) in [6.45, 7) is -1.36. The maximum absolute atomic E-state index is 8.55. The lowest BCUT2D eigenvalue weighted by atomic mass is 10.8. The number of nitrogens with zero attached hydrogens (tertiary/aromatic N) is 3. The van der Waals surface area contributed by atoms with Gasteiger partial charge in [0, 0.05) is 0 Å². The van der Waals surface area contributed by atoms with Crippen LogP contribution in [0.15, 0.2) is 0 Å². The van der Waals surface area contributed by atoms with Crippen LogP contribution < -0.4 is 46.6 Å². The zero-order chi connectivity index (χ0) is 24.2. The lowest BCUT2D eigenvalue weighted by Gasteiger charge is -2.36. The Morgan fingerprint density at radius 2 is 0.897 bits per heavy atom. The lowest BCUT2D eigenvalue weighted by molar-refractivity contribution is -0.759. The first-order valence-corrected chi connectivity index (χ1v) is 7.99. The van der Waals surface area contributed by atoms with E-state index < -0.39 is 28.0 Å². The number of quaternary nitrogens is 3. The minimum Gasteiger partial charge on any atom is -0.822 e. The predicted octanol–water partition coefficient (Wildman–Crippen LogP) is -11.2. The molecule has 0 aliphatic carbocycles. The van der Waals surface area contributed by atoms with E-state index in [1.807, 2.05) is 0 Å². The molecule has 0 rings (SSSR count). The van der Waals surface area contributed by atoms with Gasteiger partial charge >= 0.3 is 36.5 Å². The number of aliphatic hydroxyl groups is 3. The van der Waals surface area contributed by atoms with Crippen LogP contribution in [0, 0.1) is 50.6 Å². The van der Waals surface area contributed by atoms with Crippen LogP contribution in [-0.4, -0.2) is 53.4 Å². The fourth-order valence-electron chi connectivity index (χ4n) is 0.542. The summed E-state index contributed by atoms with van der Waals surface area (Å²) in [5, 5.41) is 68.6. The summed E-state index contributed by atoms with van der Waals surface area (Å²) in [7, 11) is -5.39. The molecule has 3 atom stereocenters. The average Bonchev–Trinajstić information content (AvgIpc) is 2.57. The monoisotopic (exact) mass is 440 g/mol. The molecule has 0 spiro atoms. The van der Waals surface area contributed by atoms with Gasteiger partial charge in [0.2, 0.25) is 0 Å². The summed E-state index contributed by atoms with van der Waals surface area (Å²) in [6.07, 6.45) is 4.70. The van der Waals surface area contributed by atoms with Crippen LogP contribution in [0.3, 0.4) is 0 Å². The Morgan fingerprint density at radius 3 is 0.897 bits per heavy atom. The molecule has 15 N–H and O–H groups in total. The van der Waals surface area contributed by atoms with Gasteiger partial charge in [-0.15, -0.1) is 30.5 Å². The molecule has 19 nitrogen and oxygen atoms in total. The molecule has 0 aliphatic rings. The van der Waals surface area contributed by atoms with Crippen molar-refractivity contribution in [2.24, 2.45) is 17.2 Å². The summed E-state index contributed by atoms with van der Waals surface area (Å²) < 4.78 is 8.55. The SMILES string of the molecule is N#C[NH+](CO)C(=N)N.N#C[NH+](CO)C(=N)N.N#C[NH+](CO)C(=N)N.O=P([O-])([O-])[O-]. The second kappa shape index (κ2) is 19.5. The Hall–Kier alpha value is -3.25. The number of guanidine groups is 3. The van der Waals surface area contributed by atoms with E-state index in [9.17, 15) is 0 Å². The molecule has 0 saturated heterocycles. The number of hydrogen-bond acceptors (Lipinski definition) is 13. The number of nitriles is 3. The van der Waals surface area contributed by atoms with E-state index in [4.69, 9.17) is 83.8 Å². The number of nitrogens with two attached hydrogens (primary N) is 3. The molecular formula is C9H21N12O7P. The van der Waals surface area contributed by atoms with Crippen LogP contribution >= 0.6 is 7.82 Å². The number of aliphatic hydroxyl groups excluding tert-OH is 3. The van der Waals surface area contributed by atoms with Gasteiger partial charge in [0.15, 0.2) is 20.2 Å². The quantitative estimate of drug-likeness (QED) is 0.0638. The fraction of sp³-hybridized carbons (Fsp3) is 0.333. The molecule has 0 aromatic rings. The van der Waals surface area contributed by atoms with E-state index in [-0.39, 0.29) is 32.6 Å². The van der Waals surface area contributed by atoms with E-state index in [0.29, 0.717) is 0 Å². The van der Waals surface area contributed by atoms with Crippen LogP contribution in [0.1, 0.15) is 0 Å². The van der Waals surface area contributed by atoms with Gasteiger partial charge in [0.05, 0.1) is 0 Å². The van der Waals surface area contributed by atoms with Gasteiger partial charge in [-0.1, -0.05) is 0 Å². The summed E-state index contributed by atoms with van der Waals surface area (Å²) in [4.78, 5) is 25.4. The van der Waals surface area contributed by atoms with E-state index >= 15 is 0 Å². The predicted molar refractivity (Wildman–Crippen MR) is 84.3 cm³/mol. The normalized spacial score (nSPS) is 12.0. The van der Waals surface area contributed by atoms with Crippen LogP contribution in [0.25, 0.3) is 0 Å². The number of nitrogens with one attached hydrogen (secondary N) is 6. The Bertz CT molecular complexity index is 592. The molecule has 0 aliphatic heterocycles. The Balaban J connectivity index is -0.000000146. The minimum atomic E-state index is -5.39. The number of rotatable bonds is 3. The Morgan fingerprint density at radius 1 is 0.759 bits per heavy atom. The highest BCUT2D eigenvalue weighted by Gasteiger charge is 2.08. The molecule has 0 heterocycles. The van der Waals surface area contributed by atoms with E-state index in [1.54, 1.807) is 18.6 Å². The van der Waals surface area contributed by atoms with E-state index in [0.717, 1.165) is 0 Å². The van der Waals surface area contributed by atoms with E-state index in [2.05, 4.69) is 0 Å². The first-order valence-electron chi connectivity index (χ1n) is 6.53. The van der Waals surface area contributed by atoms with Crippen LogP contribution in [-0.2, 0) is 4.57 Å². The van der Waals surface area contributed by atoms with Gasteiger partial charge in [-0.2, -0.15) is 7.82 Å². The van der Waals surface area contributed by atoms with Crippen molar-refractivity contribution < 1.29 is 49.3 Å². The van der Waals surface area contributed by atoms with Gasteiger partial charge in [-0.05, 0) is 0 Å². The van der Waals surface area contributed by atoms with Crippen molar-refractivity contribution in [2.75, 3.05) is 20.2 Å². The third-order valence-corrected chi connectivity index (χ3v) is 1.85. The van der Waals surface area contributed by atoms with Gasteiger partial charge in [0.25, 0.3) is 0 Å². The average molecular weight is 440 g/mol. The van der Waals surface area contributed by atoms with Crippen molar-refractivity contribution in [1.29, 1.82) is 32.0 Å². The fourth-order valence-corrected chi connectivity index (χ4v) is 0.542. The summed E-state index contributed by atoms with van der Waals surface area (Å²) >= 11 is 0. The Labute approximate surface area is 164 Å². The second-order valence-electron chi connectivity index (χ2n) is 3.93. The van der Waals surface area contributed by atoms with Gasteiger partial charge in [-0.3, -0.25) is 0 Å². The molecule has 0 aromatic heterocycles. The summed E-state index contributed by atoms with van der Waals surface area (Å²) in [5.41, 5.74) is 14.5. The number of phosphoric acid groups is 1. The highest BCUT2D eigenvalue weighted by Crippen LogP contribution is 2.03. The van der Waals surface area contributed by atoms with Gasteiger partial charge < -0.3 is 51.8 Å². The largest absolute Gasteiger partial charge is 0.822 e. The zero-order valence-electron chi connectivity index (χ0n) is 14.6. The van der Waals surface area contributed by atoms with Crippen molar-refractivity contribution >= 4 is 25.7 Å². The molecule has 0 amide bonds. The van der Waals surface area contributed by atoms with Crippen molar-refractivity contribution in [3.8, 4) is 18.6 Å². The topological polar surface area (TPSA) is 381 Å². The first kappa shape index (κ1) is 33.3. The molecule has 3 unspecified atom stereocenters. The molecule has 0 bridgehead atoms. The third kappa shape index (κ3) is 29.8. The van der Waals surface area contributed by atoms with Crippen LogP contribution in [0.5, 0.6) is 0 Å². The van der Waals surface area contributed by atoms with Crippen molar-refractivity contribution in [1.82, 2.24) is 0 Å². The van der Waals surface area contributed by atoms with Crippen molar-refractivity contribution in [3.05, 3.63) is 0 Å². The minimum absolute atomic E-state index is 0.0926. The first-order chi connectivity index (χ1) is 13.2. The standard InChI is InChI=1S/3C3H6N4O.H3O4P/c3*4-1-7(2-8)3(5)6;1-5(2,3)4/h3*8H,2H2,(H3,5,6);(H3,1,2,3,4). The molecule has 29 heavy (non-hydrogen) atoms. The summed E-state index contributed by atoms with van der Waals surface area (Å²) in [6, 6.07) is 0.